The molecule has 5 aromatic rings. The van der Waals surface area contributed by atoms with Gasteiger partial charge >= 0.3 is 0 Å². The van der Waals surface area contributed by atoms with Crippen molar-refractivity contribution in [3.8, 4) is 35.3 Å². The van der Waals surface area contributed by atoms with E-state index in [1.807, 2.05) is 72.8 Å². The van der Waals surface area contributed by atoms with Crippen LogP contribution in [0.25, 0.3) is 0 Å². The summed E-state index contributed by atoms with van der Waals surface area (Å²) in [6, 6.07) is 43.7. The molecule has 0 heterocycles. The fourth-order valence-electron chi connectivity index (χ4n) is 4.02. The molecule has 0 fully saturated rings. The van der Waals surface area contributed by atoms with Gasteiger partial charge in [0.2, 0.25) is 0 Å². The molecule has 0 amide bonds. The van der Waals surface area contributed by atoms with Gasteiger partial charge in [-0.25, -0.2) is 0 Å². The van der Waals surface area contributed by atoms with E-state index >= 15 is 0 Å². The van der Waals surface area contributed by atoms with Crippen molar-refractivity contribution in [1.82, 2.24) is 0 Å². The number of terminal acetylenes is 1. The number of rotatable bonds is 2. The first kappa shape index (κ1) is 35.6. The van der Waals surface area contributed by atoms with Crippen molar-refractivity contribution in [2.75, 3.05) is 0 Å². The Bertz CT molecular complexity index is 1740. The van der Waals surface area contributed by atoms with Crippen LogP contribution in [0.4, 0.5) is 0 Å². The number of halogens is 3. The molecule has 45 heavy (non-hydrogen) atoms. The van der Waals surface area contributed by atoms with Crippen LogP contribution in [0.3, 0.4) is 0 Å². The Kier molecular flexibility index (Phi) is 13.9. The summed E-state index contributed by atoms with van der Waals surface area (Å²) < 4.78 is 0. The van der Waals surface area contributed by atoms with E-state index in [0.29, 0.717) is 5.02 Å². The highest BCUT2D eigenvalue weighted by molar-refractivity contribution is 6.96. The lowest BCUT2D eigenvalue weighted by Crippen LogP contribution is -2.39. The molecule has 0 saturated heterocycles. The molecule has 0 aliphatic carbocycles. The second-order valence-electron chi connectivity index (χ2n) is 11.2. The van der Waals surface area contributed by atoms with Crippen molar-refractivity contribution in [3.63, 3.8) is 0 Å². The van der Waals surface area contributed by atoms with Crippen LogP contribution in [0.15, 0.2) is 133 Å². The first-order valence-corrected chi connectivity index (χ1v) is 21.5. The van der Waals surface area contributed by atoms with E-state index in [9.17, 15) is 0 Å². The Morgan fingerprint density at radius 3 is 1.09 bits per heavy atom. The van der Waals surface area contributed by atoms with E-state index in [1.165, 1.54) is 10.4 Å². The molecule has 0 nitrogen and oxygen atoms in total. The van der Waals surface area contributed by atoms with Gasteiger partial charge < -0.3 is 0 Å². The van der Waals surface area contributed by atoms with Gasteiger partial charge in [-0.05, 0) is 65.0 Å². The van der Waals surface area contributed by atoms with E-state index < -0.39 is 16.1 Å². The molecule has 0 aliphatic heterocycles. The third-order valence-corrected chi connectivity index (χ3v) is 12.4. The van der Waals surface area contributed by atoms with Crippen LogP contribution in [0, 0.1) is 35.3 Å². The van der Waals surface area contributed by atoms with E-state index in [1.54, 1.807) is 12.1 Å². The third kappa shape index (κ3) is 12.5. The van der Waals surface area contributed by atoms with Crippen LogP contribution in [0.5, 0.6) is 0 Å². The summed E-state index contributed by atoms with van der Waals surface area (Å²) in [4.78, 5) is 0. The maximum atomic E-state index is 5.96. The van der Waals surface area contributed by atoms with E-state index in [4.69, 9.17) is 41.2 Å². The zero-order chi connectivity index (χ0) is 32.7. The van der Waals surface area contributed by atoms with Crippen LogP contribution < -0.4 is 10.4 Å². The van der Waals surface area contributed by atoms with Crippen molar-refractivity contribution in [3.05, 3.63) is 165 Å². The minimum Gasteiger partial charge on any atom is -0.121 e. The Labute approximate surface area is 286 Å². The molecule has 5 heteroatoms. The second kappa shape index (κ2) is 17.5. The van der Waals surface area contributed by atoms with Crippen LogP contribution in [0.2, 0.25) is 41.3 Å². The number of hydrogen-bond donors (Lipinski definition) is 0. The van der Waals surface area contributed by atoms with Gasteiger partial charge in [0, 0.05) is 31.8 Å². The van der Waals surface area contributed by atoms with E-state index in [0.717, 1.165) is 26.7 Å². The summed E-state index contributed by atoms with van der Waals surface area (Å²) in [5.74, 6) is 8.99. The third-order valence-electron chi connectivity index (χ3n) is 6.67. The first-order valence-electron chi connectivity index (χ1n) is 14.4. The molecule has 224 valence electrons. The average molecular weight is 678 g/mol. The average Bonchev–Trinajstić information content (AvgIpc) is 3.04. The summed E-state index contributed by atoms with van der Waals surface area (Å²) in [5, 5.41) is 4.88. The van der Waals surface area contributed by atoms with Crippen molar-refractivity contribution >= 4 is 61.3 Å². The zero-order valence-electron chi connectivity index (χ0n) is 25.9. The minimum absolute atomic E-state index is 0.686. The van der Waals surface area contributed by atoms with E-state index in [-0.39, 0.29) is 0 Å². The molecule has 0 bridgehead atoms. The standard InChI is InChI=1S/2C16H15ClSi.C8H5Cl/c2*1-18(2,16-9-4-3-5-10-16)12-11-14-7-6-8-15(17)13-14;1-2-7-4-3-5-8(9)6-7/h2*3-10,13H,1-2H3;1,3-6H. The number of hydrogen-bond acceptors (Lipinski definition) is 0. The lowest BCUT2D eigenvalue weighted by molar-refractivity contribution is 1.65. The van der Waals surface area contributed by atoms with Crippen LogP contribution >= 0.6 is 34.8 Å². The van der Waals surface area contributed by atoms with Gasteiger partial charge in [-0.2, -0.15) is 0 Å². The molecule has 0 N–H and O–H groups in total. The van der Waals surface area contributed by atoms with Gasteiger partial charge in [-0.1, -0.05) is 158 Å². The molecular weight excluding hydrogens is 643 g/mol. The smallest absolute Gasteiger partial charge is 0.121 e. The van der Waals surface area contributed by atoms with Gasteiger partial charge in [0.05, 0.1) is 0 Å². The topological polar surface area (TPSA) is 0 Å². The predicted octanol–water partition coefficient (Wildman–Crippen LogP) is 10.0. The van der Waals surface area contributed by atoms with E-state index in [2.05, 4.69) is 104 Å². The Morgan fingerprint density at radius 2 is 0.778 bits per heavy atom. The van der Waals surface area contributed by atoms with Crippen molar-refractivity contribution in [1.29, 1.82) is 0 Å². The van der Waals surface area contributed by atoms with Gasteiger partial charge in [-0.3, -0.25) is 0 Å². The van der Waals surface area contributed by atoms with Crippen molar-refractivity contribution < 1.29 is 0 Å². The van der Waals surface area contributed by atoms with Gasteiger partial charge in [0.25, 0.3) is 0 Å². The summed E-state index contributed by atoms with van der Waals surface area (Å²) >= 11 is 17.5. The lowest BCUT2D eigenvalue weighted by atomic mass is 10.2. The molecule has 0 spiro atoms. The molecule has 0 saturated carbocycles. The van der Waals surface area contributed by atoms with Gasteiger partial charge in [0.15, 0.2) is 16.1 Å². The minimum atomic E-state index is -1.68. The predicted molar refractivity (Wildman–Crippen MR) is 203 cm³/mol. The largest absolute Gasteiger partial charge is 0.163 e. The maximum absolute atomic E-state index is 5.96. The lowest BCUT2D eigenvalue weighted by Gasteiger charge is -2.14. The second-order valence-corrected chi connectivity index (χ2v) is 20.6. The van der Waals surface area contributed by atoms with Crippen molar-refractivity contribution in [2.24, 2.45) is 0 Å². The Hall–Kier alpha value is -3.92. The molecular formula is C40H35Cl3Si2. The highest BCUT2D eigenvalue weighted by Crippen LogP contribution is 2.12. The first-order chi connectivity index (χ1) is 21.5. The van der Waals surface area contributed by atoms with Gasteiger partial charge in [-0.15, -0.1) is 17.5 Å². The molecule has 5 aromatic carbocycles. The quantitative estimate of drug-likeness (QED) is 0.129. The SMILES string of the molecule is C#Cc1cccc(Cl)c1.C[Si](C)(C#Cc1cccc(Cl)c1)c1ccccc1.C[Si](C)(C#Cc1cccc(Cl)c1)c1ccccc1. The maximum Gasteiger partial charge on any atom is 0.163 e. The summed E-state index contributed by atoms with van der Waals surface area (Å²) in [7, 11) is -3.37. The fourth-order valence-corrected chi connectivity index (χ4v) is 7.85. The summed E-state index contributed by atoms with van der Waals surface area (Å²) in [6.45, 7) is 9.06. The fraction of sp³-hybridized carbons (Fsp3) is 0.100. The highest BCUT2D eigenvalue weighted by atomic mass is 35.5. The summed E-state index contributed by atoms with van der Waals surface area (Å²) in [6.07, 6.45) is 5.11. The molecule has 0 aromatic heterocycles. The van der Waals surface area contributed by atoms with Gasteiger partial charge in [0.1, 0.15) is 0 Å². The molecule has 5 rings (SSSR count). The summed E-state index contributed by atoms with van der Waals surface area (Å²) in [5.41, 5.74) is 9.69. The molecule has 0 unspecified atom stereocenters. The number of benzene rings is 5. The molecule has 0 atom stereocenters. The van der Waals surface area contributed by atoms with Crippen LogP contribution in [0.1, 0.15) is 16.7 Å². The Balaban J connectivity index is 0.000000195. The zero-order valence-corrected chi connectivity index (χ0v) is 30.2. The van der Waals surface area contributed by atoms with Crippen LogP contribution in [-0.4, -0.2) is 16.1 Å². The van der Waals surface area contributed by atoms with Crippen molar-refractivity contribution in [2.45, 2.75) is 26.2 Å². The highest BCUT2D eigenvalue weighted by Gasteiger charge is 2.21. The van der Waals surface area contributed by atoms with Crippen LogP contribution in [-0.2, 0) is 0 Å². The molecule has 0 aliphatic rings. The molecule has 0 radical (unpaired) electrons. The Morgan fingerprint density at radius 1 is 0.444 bits per heavy atom. The normalized spacial score (nSPS) is 10.2. The monoisotopic (exact) mass is 676 g/mol.